The Morgan fingerprint density at radius 2 is 2.17 bits per heavy atom. The van der Waals surface area contributed by atoms with Crippen molar-refractivity contribution in [2.45, 2.75) is 13.1 Å². The molecule has 64 valence electrons. The van der Waals surface area contributed by atoms with E-state index in [4.69, 9.17) is 5.73 Å². The zero-order chi connectivity index (χ0) is 8.72. The van der Waals surface area contributed by atoms with Gasteiger partial charge in [-0.15, -0.1) is 0 Å². The van der Waals surface area contributed by atoms with Gasteiger partial charge >= 0.3 is 0 Å². The van der Waals surface area contributed by atoms with Crippen LogP contribution in [0.25, 0.3) is 0 Å². The van der Waals surface area contributed by atoms with Crippen LogP contribution in [0.15, 0.2) is 12.1 Å². The van der Waals surface area contributed by atoms with Crippen molar-refractivity contribution < 1.29 is 5.11 Å². The molecule has 1 aromatic rings. The van der Waals surface area contributed by atoms with Crippen LogP contribution in [0.1, 0.15) is 11.1 Å². The van der Waals surface area contributed by atoms with Gasteiger partial charge in [0, 0.05) is 13.1 Å². The Bertz CT molecular complexity index is 323. The topological polar surface area (TPSA) is 49.5 Å². The summed E-state index contributed by atoms with van der Waals surface area (Å²) in [6.45, 7) is 1.77. The highest BCUT2D eigenvalue weighted by Crippen LogP contribution is 2.32. The van der Waals surface area contributed by atoms with Crippen molar-refractivity contribution in [3.63, 3.8) is 0 Å². The maximum Gasteiger partial charge on any atom is 0.138 e. The zero-order valence-corrected chi connectivity index (χ0v) is 7.04. The number of benzene rings is 1. The van der Waals surface area contributed by atoms with Crippen LogP contribution in [0.4, 0.5) is 5.69 Å². The summed E-state index contributed by atoms with van der Waals surface area (Å²) in [5, 5.41) is 9.33. The Kier molecular flexibility index (Phi) is 1.48. The molecule has 0 amide bonds. The van der Waals surface area contributed by atoms with E-state index in [1.807, 2.05) is 13.1 Å². The number of phenolic OH excluding ortho intramolecular Hbond substituents is 1. The van der Waals surface area contributed by atoms with Gasteiger partial charge in [0.25, 0.3) is 0 Å². The van der Waals surface area contributed by atoms with Crippen LogP contribution in [0.3, 0.4) is 0 Å². The number of phenols is 1. The highest BCUT2D eigenvalue weighted by molar-refractivity contribution is 5.61. The third kappa shape index (κ3) is 0.940. The first-order valence-electron chi connectivity index (χ1n) is 3.96. The number of nitrogens with two attached hydrogens (primary N) is 1. The molecule has 0 saturated carbocycles. The lowest BCUT2D eigenvalue weighted by Gasteiger charge is -2.04. The predicted molar refractivity (Wildman–Crippen MR) is 47.7 cm³/mol. The molecule has 12 heavy (non-hydrogen) atoms. The number of nitrogens with zero attached hydrogens (tertiary/aromatic N) is 1. The number of rotatable bonds is 0. The molecular formula is C9H12N2O. The van der Waals surface area contributed by atoms with Gasteiger partial charge < -0.3 is 10.8 Å². The monoisotopic (exact) mass is 164 g/mol. The Labute approximate surface area is 71.4 Å². The zero-order valence-electron chi connectivity index (χ0n) is 7.04. The number of hydrogen-bond donors (Lipinski definition) is 2. The summed E-state index contributed by atoms with van der Waals surface area (Å²) < 4.78 is 0. The second-order valence-corrected chi connectivity index (χ2v) is 3.31. The molecule has 1 aliphatic rings. The summed E-state index contributed by atoms with van der Waals surface area (Å²) in [7, 11) is 2.04. The van der Waals surface area contributed by atoms with Crippen LogP contribution in [0.5, 0.6) is 5.75 Å². The maximum absolute atomic E-state index is 9.33. The first-order valence-corrected chi connectivity index (χ1v) is 3.96. The number of nitrogen functional groups attached to an aromatic ring is 1. The van der Waals surface area contributed by atoms with Crippen molar-refractivity contribution in [3.05, 3.63) is 23.3 Å². The van der Waals surface area contributed by atoms with Crippen LogP contribution < -0.4 is 5.73 Å². The first-order chi connectivity index (χ1) is 5.68. The first kappa shape index (κ1) is 7.43. The van der Waals surface area contributed by atoms with Crippen molar-refractivity contribution >= 4 is 5.69 Å². The van der Waals surface area contributed by atoms with Gasteiger partial charge in [0.1, 0.15) is 5.75 Å². The van der Waals surface area contributed by atoms with Gasteiger partial charge in [0.2, 0.25) is 0 Å². The van der Waals surface area contributed by atoms with E-state index in [1.165, 1.54) is 5.56 Å². The summed E-state index contributed by atoms with van der Waals surface area (Å²) in [5.74, 6) is 0.198. The molecule has 3 nitrogen and oxygen atoms in total. The van der Waals surface area contributed by atoms with Gasteiger partial charge in [-0.25, -0.2) is 0 Å². The molecular weight excluding hydrogens is 152 g/mol. The van der Waals surface area contributed by atoms with Gasteiger partial charge in [-0.05, 0) is 24.2 Å². The van der Waals surface area contributed by atoms with E-state index < -0.39 is 0 Å². The number of fused-ring (bicyclic) bond motifs is 1. The van der Waals surface area contributed by atoms with E-state index in [2.05, 4.69) is 4.90 Å². The largest absolute Gasteiger partial charge is 0.506 e. The third-order valence-electron chi connectivity index (χ3n) is 2.30. The maximum atomic E-state index is 9.33. The highest BCUT2D eigenvalue weighted by atomic mass is 16.3. The lowest BCUT2D eigenvalue weighted by Crippen LogP contribution is -2.07. The van der Waals surface area contributed by atoms with Crippen LogP contribution >= 0.6 is 0 Å². The van der Waals surface area contributed by atoms with Crippen LogP contribution in [0, 0.1) is 0 Å². The fourth-order valence-corrected chi connectivity index (χ4v) is 1.65. The van der Waals surface area contributed by atoms with E-state index >= 15 is 0 Å². The molecule has 0 aromatic heterocycles. The van der Waals surface area contributed by atoms with E-state index in [0.717, 1.165) is 18.7 Å². The average Bonchev–Trinajstić information content (AvgIpc) is 2.39. The van der Waals surface area contributed by atoms with Gasteiger partial charge in [0.15, 0.2) is 0 Å². The van der Waals surface area contributed by atoms with Crippen LogP contribution in [-0.2, 0) is 13.1 Å². The molecule has 0 saturated heterocycles. The smallest absolute Gasteiger partial charge is 0.138 e. The van der Waals surface area contributed by atoms with Crippen molar-refractivity contribution in [2.75, 3.05) is 12.8 Å². The standard InChI is InChI=1S/C9H12N2O/c1-11-4-6-2-3-8(12)9(10)7(6)5-11/h2-3,12H,4-5,10H2,1H3. The molecule has 0 fully saturated rings. The SMILES string of the molecule is CN1Cc2ccc(O)c(N)c2C1. The molecule has 1 aromatic carbocycles. The normalized spacial score (nSPS) is 16.4. The van der Waals surface area contributed by atoms with E-state index in [0.29, 0.717) is 5.69 Å². The Hall–Kier alpha value is -1.22. The van der Waals surface area contributed by atoms with Gasteiger partial charge in [-0.3, -0.25) is 4.90 Å². The summed E-state index contributed by atoms with van der Waals surface area (Å²) >= 11 is 0. The molecule has 0 spiro atoms. The molecule has 3 heteroatoms. The fraction of sp³-hybridized carbons (Fsp3) is 0.333. The lowest BCUT2D eigenvalue weighted by molar-refractivity contribution is 0.353. The van der Waals surface area contributed by atoms with Crippen molar-refractivity contribution in [1.82, 2.24) is 4.90 Å². The molecule has 3 N–H and O–H groups in total. The minimum Gasteiger partial charge on any atom is -0.506 e. The average molecular weight is 164 g/mol. The predicted octanol–water partition coefficient (Wildman–Crippen LogP) is 0.920. The molecule has 0 aliphatic carbocycles. The van der Waals surface area contributed by atoms with Crippen LogP contribution in [-0.4, -0.2) is 17.1 Å². The van der Waals surface area contributed by atoms with Crippen molar-refractivity contribution in [2.24, 2.45) is 0 Å². The number of hydrogen-bond acceptors (Lipinski definition) is 3. The lowest BCUT2D eigenvalue weighted by atomic mass is 10.1. The fourth-order valence-electron chi connectivity index (χ4n) is 1.65. The number of anilines is 1. The summed E-state index contributed by atoms with van der Waals surface area (Å²) in [6, 6.07) is 3.60. The van der Waals surface area contributed by atoms with Gasteiger partial charge in [-0.2, -0.15) is 0 Å². The summed E-state index contributed by atoms with van der Waals surface area (Å²) in [4.78, 5) is 2.17. The summed E-state index contributed by atoms with van der Waals surface area (Å²) in [6.07, 6.45) is 0. The quantitative estimate of drug-likeness (QED) is 0.443. The van der Waals surface area contributed by atoms with E-state index in [9.17, 15) is 5.11 Å². The third-order valence-corrected chi connectivity index (χ3v) is 2.30. The van der Waals surface area contributed by atoms with Gasteiger partial charge in [0.05, 0.1) is 5.69 Å². The number of aromatic hydroxyl groups is 1. The van der Waals surface area contributed by atoms with E-state index in [-0.39, 0.29) is 5.75 Å². The summed E-state index contributed by atoms with van der Waals surface area (Å²) in [5.41, 5.74) is 8.57. The van der Waals surface area contributed by atoms with Crippen LogP contribution in [0.2, 0.25) is 0 Å². The molecule has 0 atom stereocenters. The Morgan fingerprint density at radius 3 is 2.92 bits per heavy atom. The minimum absolute atomic E-state index is 0.198. The highest BCUT2D eigenvalue weighted by Gasteiger charge is 2.19. The Balaban J connectivity index is 2.54. The minimum atomic E-state index is 0.198. The van der Waals surface area contributed by atoms with Crippen molar-refractivity contribution in [1.29, 1.82) is 0 Å². The van der Waals surface area contributed by atoms with Gasteiger partial charge in [-0.1, -0.05) is 6.07 Å². The Morgan fingerprint density at radius 1 is 1.42 bits per heavy atom. The molecule has 0 bridgehead atoms. The van der Waals surface area contributed by atoms with E-state index in [1.54, 1.807) is 6.07 Å². The molecule has 0 radical (unpaired) electrons. The molecule has 1 heterocycles. The molecule has 1 aliphatic heterocycles. The molecule has 2 rings (SSSR count). The van der Waals surface area contributed by atoms with Crippen molar-refractivity contribution in [3.8, 4) is 5.75 Å². The second kappa shape index (κ2) is 2.38. The molecule has 0 unspecified atom stereocenters. The second-order valence-electron chi connectivity index (χ2n) is 3.31.